The zero-order chi connectivity index (χ0) is 12.1. The molecule has 0 aromatic heterocycles. The molecule has 3 heteroatoms. The Balaban J connectivity index is 2.00. The Morgan fingerprint density at radius 1 is 1.41 bits per heavy atom. The Morgan fingerprint density at radius 3 is 3.00 bits per heavy atom. The highest BCUT2D eigenvalue weighted by Crippen LogP contribution is 2.18. The second-order valence-electron chi connectivity index (χ2n) is 4.74. The maximum absolute atomic E-state index is 6.21. The molecule has 1 aliphatic heterocycles. The molecule has 1 aromatic carbocycles. The number of rotatable bonds is 3. The maximum atomic E-state index is 6.21. The third-order valence-electron chi connectivity index (χ3n) is 3.41. The summed E-state index contributed by atoms with van der Waals surface area (Å²) in [6.45, 7) is 6.64. The topological polar surface area (TPSA) is 15.3 Å². The van der Waals surface area contributed by atoms with Gasteiger partial charge in [-0.3, -0.25) is 4.90 Å². The van der Waals surface area contributed by atoms with Crippen LogP contribution in [0.3, 0.4) is 0 Å². The highest BCUT2D eigenvalue weighted by atomic mass is 35.5. The van der Waals surface area contributed by atoms with Gasteiger partial charge in [0.05, 0.1) is 0 Å². The minimum absolute atomic E-state index is 0.625. The lowest BCUT2D eigenvalue weighted by Gasteiger charge is -2.24. The van der Waals surface area contributed by atoms with Gasteiger partial charge >= 0.3 is 0 Å². The van der Waals surface area contributed by atoms with Crippen molar-refractivity contribution in [3.05, 3.63) is 34.9 Å². The van der Waals surface area contributed by atoms with E-state index in [2.05, 4.69) is 29.3 Å². The van der Waals surface area contributed by atoms with Gasteiger partial charge in [-0.2, -0.15) is 0 Å². The second kappa shape index (κ2) is 6.39. The summed E-state index contributed by atoms with van der Waals surface area (Å²) in [6.07, 6.45) is 2.42. The Kier molecular flexibility index (Phi) is 4.84. The molecule has 1 unspecified atom stereocenters. The first-order valence-electron chi connectivity index (χ1n) is 6.48. The Bertz CT molecular complexity index is 354. The van der Waals surface area contributed by atoms with Crippen molar-refractivity contribution in [1.82, 2.24) is 10.2 Å². The fourth-order valence-electron chi connectivity index (χ4n) is 2.36. The van der Waals surface area contributed by atoms with Gasteiger partial charge in [-0.15, -0.1) is 0 Å². The molecule has 1 saturated heterocycles. The van der Waals surface area contributed by atoms with Crippen LogP contribution >= 0.6 is 11.6 Å². The van der Waals surface area contributed by atoms with E-state index in [-0.39, 0.29) is 0 Å². The van der Waals surface area contributed by atoms with Crippen LogP contribution in [-0.2, 0) is 6.54 Å². The fraction of sp³-hybridized carbons (Fsp3) is 0.571. The van der Waals surface area contributed by atoms with Crippen molar-refractivity contribution in [1.29, 1.82) is 0 Å². The van der Waals surface area contributed by atoms with Crippen LogP contribution in [0.15, 0.2) is 24.3 Å². The summed E-state index contributed by atoms with van der Waals surface area (Å²) >= 11 is 6.21. The maximum Gasteiger partial charge on any atom is 0.0451 e. The van der Waals surface area contributed by atoms with Gasteiger partial charge in [0.25, 0.3) is 0 Å². The molecule has 0 spiro atoms. The summed E-state index contributed by atoms with van der Waals surface area (Å²) in [7, 11) is 0. The van der Waals surface area contributed by atoms with Gasteiger partial charge in [0.15, 0.2) is 0 Å². The SMILES string of the molecule is CCC1CN(Cc2ccccc2Cl)CCCN1. The molecular weight excluding hydrogens is 232 g/mol. The molecule has 0 saturated carbocycles. The van der Waals surface area contributed by atoms with Gasteiger partial charge in [0.2, 0.25) is 0 Å². The van der Waals surface area contributed by atoms with E-state index in [4.69, 9.17) is 11.6 Å². The van der Waals surface area contributed by atoms with Gasteiger partial charge in [-0.05, 0) is 37.6 Å². The summed E-state index contributed by atoms with van der Waals surface area (Å²) in [5.74, 6) is 0. The van der Waals surface area contributed by atoms with Crippen LogP contribution < -0.4 is 5.32 Å². The molecule has 2 nitrogen and oxygen atoms in total. The van der Waals surface area contributed by atoms with Crippen molar-refractivity contribution in [3.8, 4) is 0 Å². The first-order chi connectivity index (χ1) is 8.29. The van der Waals surface area contributed by atoms with Crippen LogP contribution in [0.4, 0.5) is 0 Å². The van der Waals surface area contributed by atoms with Crippen LogP contribution in [0.25, 0.3) is 0 Å². The predicted octanol–water partition coefficient (Wildman–Crippen LogP) is 2.91. The summed E-state index contributed by atoms with van der Waals surface area (Å²) in [6, 6.07) is 8.78. The highest BCUT2D eigenvalue weighted by molar-refractivity contribution is 6.31. The summed E-state index contributed by atoms with van der Waals surface area (Å²) in [5, 5.41) is 4.47. The molecule has 1 aromatic rings. The quantitative estimate of drug-likeness (QED) is 0.890. The van der Waals surface area contributed by atoms with E-state index < -0.39 is 0 Å². The van der Waals surface area contributed by atoms with Crippen LogP contribution in [0.2, 0.25) is 5.02 Å². The zero-order valence-electron chi connectivity index (χ0n) is 10.5. The lowest BCUT2D eigenvalue weighted by molar-refractivity contribution is 0.257. The van der Waals surface area contributed by atoms with E-state index in [0.717, 1.165) is 31.2 Å². The van der Waals surface area contributed by atoms with E-state index >= 15 is 0 Å². The second-order valence-corrected chi connectivity index (χ2v) is 5.15. The first-order valence-corrected chi connectivity index (χ1v) is 6.86. The Morgan fingerprint density at radius 2 is 2.24 bits per heavy atom. The van der Waals surface area contributed by atoms with E-state index in [1.54, 1.807) is 0 Å². The normalized spacial score (nSPS) is 22.4. The standard InChI is InChI=1S/C14H21ClN2/c1-2-13-11-17(9-5-8-16-13)10-12-6-3-4-7-14(12)15/h3-4,6-7,13,16H,2,5,8-11H2,1H3. The highest BCUT2D eigenvalue weighted by Gasteiger charge is 2.16. The predicted molar refractivity (Wildman–Crippen MR) is 73.4 cm³/mol. The van der Waals surface area contributed by atoms with Crippen LogP contribution in [0.5, 0.6) is 0 Å². The zero-order valence-corrected chi connectivity index (χ0v) is 11.2. The van der Waals surface area contributed by atoms with Crippen LogP contribution in [-0.4, -0.2) is 30.6 Å². The molecule has 1 N–H and O–H groups in total. The van der Waals surface area contributed by atoms with Crippen molar-refractivity contribution >= 4 is 11.6 Å². The molecule has 2 rings (SSSR count). The van der Waals surface area contributed by atoms with Gasteiger partial charge < -0.3 is 5.32 Å². The molecule has 1 fully saturated rings. The molecular formula is C14H21ClN2. The van der Waals surface area contributed by atoms with E-state index in [0.29, 0.717) is 6.04 Å². The minimum atomic E-state index is 0.625. The third-order valence-corrected chi connectivity index (χ3v) is 3.78. The average Bonchev–Trinajstić information content (AvgIpc) is 2.57. The molecule has 94 valence electrons. The van der Waals surface area contributed by atoms with Crippen LogP contribution in [0, 0.1) is 0 Å². The number of halogens is 1. The molecule has 17 heavy (non-hydrogen) atoms. The van der Waals surface area contributed by atoms with Crippen molar-refractivity contribution < 1.29 is 0 Å². The third kappa shape index (κ3) is 3.70. The van der Waals surface area contributed by atoms with Gasteiger partial charge in [-0.1, -0.05) is 36.7 Å². The molecule has 0 bridgehead atoms. The number of hydrogen-bond donors (Lipinski definition) is 1. The molecule has 0 radical (unpaired) electrons. The van der Waals surface area contributed by atoms with Crippen molar-refractivity contribution in [2.75, 3.05) is 19.6 Å². The van der Waals surface area contributed by atoms with Crippen molar-refractivity contribution in [2.24, 2.45) is 0 Å². The average molecular weight is 253 g/mol. The number of hydrogen-bond acceptors (Lipinski definition) is 2. The molecule has 1 atom stereocenters. The lowest BCUT2D eigenvalue weighted by Crippen LogP contribution is -2.36. The fourth-order valence-corrected chi connectivity index (χ4v) is 2.56. The van der Waals surface area contributed by atoms with E-state index in [1.807, 2.05) is 12.1 Å². The first kappa shape index (κ1) is 12.9. The molecule has 1 heterocycles. The Labute approximate surface area is 109 Å². The summed E-state index contributed by atoms with van der Waals surface area (Å²) in [5.41, 5.74) is 1.24. The van der Waals surface area contributed by atoms with Crippen molar-refractivity contribution in [2.45, 2.75) is 32.4 Å². The number of nitrogens with one attached hydrogen (secondary N) is 1. The Hall–Kier alpha value is -0.570. The minimum Gasteiger partial charge on any atom is -0.313 e. The summed E-state index contributed by atoms with van der Waals surface area (Å²) in [4.78, 5) is 2.51. The summed E-state index contributed by atoms with van der Waals surface area (Å²) < 4.78 is 0. The van der Waals surface area contributed by atoms with Crippen LogP contribution in [0.1, 0.15) is 25.3 Å². The van der Waals surface area contributed by atoms with E-state index in [9.17, 15) is 0 Å². The van der Waals surface area contributed by atoms with E-state index in [1.165, 1.54) is 18.4 Å². The lowest BCUT2D eigenvalue weighted by atomic mass is 10.2. The van der Waals surface area contributed by atoms with Crippen molar-refractivity contribution in [3.63, 3.8) is 0 Å². The monoisotopic (exact) mass is 252 g/mol. The van der Waals surface area contributed by atoms with Gasteiger partial charge in [0, 0.05) is 24.2 Å². The largest absolute Gasteiger partial charge is 0.313 e. The molecule has 0 amide bonds. The number of benzene rings is 1. The van der Waals surface area contributed by atoms with Gasteiger partial charge in [-0.25, -0.2) is 0 Å². The smallest absolute Gasteiger partial charge is 0.0451 e. The number of nitrogens with zero attached hydrogens (tertiary/aromatic N) is 1. The van der Waals surface area contributed by atoms with Gasteiger partial charge in [0.1, 0.15) is 0 Å². The molecule has 0 aliphatic carbocycles. The molecule has 1 aliphatic rings.